The van der Waals surface area contributed by atoms with Crippen molar-refractivity contribution >= 4 is 17.6 Å². The van der Waals surface area contributed by atoms with Crippen LogP contribution < -0.4 is 0 Å². The van der Waals surface area contributed by atoms with Gasteiger partial charge in [-0.15, -0.1) is 0 Å². The number of rotatable bonds is 3. The molecule has 0 unspecified atom stereocenters. The predicted molar refractivity (Wildman–Crippen MR) is 72.4 cm³/mol. The van der Waals surface area contributed by atoms with Crippen molar-refractivity contribution in [3.63, 3.8) is 0 Å². The number of nitrogens with zero attached hydrogens (tertiary/aromatic N) is 1. The zero-order chi connectivity index (χ0) is 15.6. The van der Waals surface area contributed by atoms with Crippen molar-refractivity contribution in [2.45, 2.75) is 18.5 Å². The highest BCUT2D eigenvalue weighted by Gasteiger charge is 2.39. The Balaban J connectivity index is 2.24. The Morgan fingerprint density at radius 3 is 2.62 bits per heavy atom. The molecule has 21 heavy (non-hydrogen) atoms. The number of carboxylic acid groups (broad SMARTS) is 1. The Kier molecular flexibility index (Phi) is 4.78. The SMILES string of the molecule is O=C(O)[C@H]1CCN(CC(F)(F)F)C[C@@H]1c1ccccc1Cl. The van der Waals surface area contributed by atoms with Crippen LogP contribution in [0.4, 0.5) is 13.2 Å². The summed E-state index contributed by atoms with van der Waals surface area (Å²) in [5, 5.41) is 9.69. The topological polar surface area (TPSA) is 40.5 Å². The molecular weight excluding hydrogens is 307 g/mol. The van der Waals surface area contributed by atoms with Gasteiger partial charge in [0.1, 0.15) is 0 Å². The molecule has 1 aliphatic heterocycles. The van der Waals surface area contributed by atoms with Crippen molar-refractivity contribution in [2.75, 3.05) is 19.6 Å². The fourth-order valence-electron chi connectivity index (χ4n) is 2.80. The summed E-state index contributed by atoms with van der Waals surface area (Å²) in [5.41, 5.74) is 0.596. The number of likely N-dealkylation sites (tertiary alicyclic amines) is 1. The van der Waals surface area contributed by atoms with Crippen molar-refractivity contribution in [3.8, 4) is 0 Å². The molecule has 0 saturated carbocycles. The van der Waals surface area contributed by atoms with Crippen molar-refractivity contribution < 1.29 is 23.1 Å². The van der Waals surface area contributed by atoms with Crippen molar-refractivity contribution in [2.24, 2.45) is 5.92 Å². The molecule has 7 heteroatoms. The number of halogens is 4. The van der Waals surface area contributed by atoms with Crippen LogP contribution in [0.25, 0.3) is 0 Å². The Morgan fingerprint density at radius 2 is 2.05 bits per heavy atom. The molecule has 2 atom stereocenters. The lowest BCUT2D eigenvalue weighted by molar-refractivity contribution is -0.154. The van der Waals surface area contributed by atoms with E-state index in [1.165, 1.54) is 4.90 Å². The normalized spacial score (nSPS) is 24.0. The number of benzene rings is 1. The van der Waals surface area contributed by atoms with Gasteiger partial charge in [0.05, 0.1) is 12.5 Å². The molecule has 0 spiro atoms. The maximum Gasteiger partial charge on any atom is 0.401 e. The standard InChI is InChI=1S/C14H15ClF3NO2/c15-12-4-2-1-3-9(12)11-7-19(8-14(16,17)18)6-5-10(11)13(20)21/h1-4,10-11H,5-8H2,(H,20,21)/t10-,11+/m0/s1. The van der Waals surface area contributed by atoms with Gasteiger partial charge in [0.25, 0.3) is 0 Å². The van der Waals surface area contributed by atoms with Gasteiger partial charge in [0.2, 0.25) is 0 Å². The molecule has 0 radical (unpaired) electrons. The fraction of sp³-hybridized carbons (Fsp3) is 0.500. The third-order valence-corrected chi connectivity index (χ3v) is 4.07. The van der Waals surface area contributed by atoms with Crippen molar-refractivity contribution in [1.29, 1.82) is 0 Å². The molecule has 0 aromatic heterocycles. The minimum Gasteiger partial charge on any atom is -0.481 e. The second kappa shape index (κ2) is 6.23. The monoisotopic (exact) mass is 321 g/mol. The third-order valence-electron chi connectivity index (χ3n) is 3.72. The number of hydrogen-bond acceptors (Lipinski definition) is 2. The van der Waals surface area contributed by atoms with Crippen LogP contribution in [0.5, 0.6) is 0 Å². The van der Waals surface area contributed by atoms with E-state index in [1.807, 2.05) is 0 Å². The van der Waals surface area contributed by atoms with Gasteiger partial charge in [-0.2, -0.15) is 13.2 Å². The van der Waals surface area contributed by atoms with E-state index in [1.54, 1.807) is 24.3 Å². The average Bonchev–Trinajstić information content (AvgIpc) is 2.37. The summed E-state index contributed by atoms with van der Waals surface area (Å²) >= 11 is 6.07. The minimum absolute atomic E-state index is 0.0419. The number of carboxylic acids is 1. The highest BCUT2D eigenvalue weighted by atomic mass is 35.5. The highest BCUT2D eigenvalue weighted by Crippen LogP contribution is 2.37. The lowest BCUT2D eigenvalue weighted by atomic mass is 9.80. The molecule has 1 aromatic rings. The predicted octanol–water partition coefficient (Wildman–Crippen LogP) is 3.39. The second-order valence-electron chi connectivity index (χ2n) is 5.21. The zero-order valence-corrected chi connectivity index (χ0v) is 11.9. The number of aliphatic carboxylic acids is 1. The quantitative estimate of drug-likeness (QED) is 0.927. The number of piperidine rings is 1. The van der Waals surface area contributed by atoms with E-state index in [2.05, 4.69) is 0 Å². The Morgan fingerprint density at radius 1 is 1.38 bits per heavy atom. The molecule has 1 heterocycles. The van der Waals surface area contributed by atoms with Crippen LogP contribution >= 0.6 is 11.6 Å². The number of hydrogen-bond donors (Lipinski definition) is 1. The van der Waals surface area contributed by atoms with Gasteiger partial charge in [-0.25, -0.2) is 0 Å². The fourth-order valence-corrected chi connectivity index (χ4v) is 3.08. The molecule has 0 aliphatic carbocycles. The van der Waals surface area contributed by atoms with Crippen LogP contribution in [-0.2, 0) is 4.79 Å². The van der Waals surface area contributed by atoms with E-state index in [-0.39, 0.29) is 19.5 Å². The first kappa shape index (κ1) is 16.1. The maximum absolute atomic E-state index is 12.5. The lowest BCUT2D eigenvalue weighted by Gasteiger charge is -2.37. The van der Waals surface area contributed by atoms with Crippen LogP contribution in [0.3, 0.4) is 0 Å². The van der Waals surface area contributed by atoms with Gasteiger partial charge >= 0.3 is 12.1 Å². The molecular formula is C14H15ClF3NO2. The summed E-state index contributed by atoms with van der Waals surface area (Å²) < 4.78 is 37.6. The molecule has 1 fully saturated rings. The molecule has 2 rings (SSSR count). The summed E-state index contributed by atoms with van der Waals surface area (Å²) in [4.78, 5) is 12.6. The van der Waals surface area contributed by atoms with Crippen molar-refractivity contribution in [1.82, 2.24) is 4.90 Å². The minimum atomic E-state index is -4.29. The zero-order valence-electron chi connectivity index (χ0n) is 11.1. The molecule has 1 aliphatic rings. The van der Waals surface area contributed by atoms with Gasteiger partial charge in [-0.05, 0) is 24.6 Å². The van der Waals surface area contributed by atoms with Gasteiger partial charge < -0.3 is 5.11 Å². The van der Waals surface area contributed by atoms with E-state index in [0.29, 0.717) is 10.6 Å². The summed E-state index contributed by atoms with van der Waals surface area (Å²) in [6, 6.07) is 6.72. The Bertz CT molecular complexity index is 521. The van der Waals surface area contributed by atoms with Gasteiger partial charge in [-0.3, -0.25) is 9.69 Å². The van der Waals surface area contributed by atoms with Crippen LogP contribution in [0.2, 0.25) is 5.02 Å². The van der Waals surface area contributed by atoms with E-state index in [0.717, 1.165) is 0 Å². The Labute approximate surface area is 125 Å². The van der Waals surface area contributed by atoms with Gasteiger partial charge in [0.15, 0.2) is 0 Å². The first-order chi connectivity index (χ1) is 9.78. The van der Waals surface area contributed by atoms with Crippen molar-refractivity contribution in [3.05, 3.63) is 34.9 Å². The second-order valence-corrected chi connectivity index (χ2v) is 5.62. The average molecular weight is 322 g/mol. The van der Waals surface area contributed by atoms with E-state index < -0.39 is 30.5 Å². The van der Waals surface area contributed by atoms with Gasteiger partial charge in [-0.1, -0.05) is 29.8 Å². The molecule has 0 amide bonds. The first-order valence-corrected chi connectivity index (χ1v) is 6.92. The largest absolute Gasteiger partial charge is 0.481 e. The first-order valence-electron chi connectivity index (χ1n) is 6.54. The Hall–Kier alpha value is -1.27. The van der Waals surface area contributed by atoms with Crippen LogP contribution in [0.15, 0.2) is 24.3 Å². The van der Waals surface area contributed by atoms with Crippen LogP contribution in [0.1, 0.15) is 17.9 Å². The third kappa shape index (κ3) is 4.11. The molecule has 1 N–H and O–H groups in total. The molecule has 0 bridgehead atoms. The summed E-state index contributed by atoms with van der Waals surface area (Å²) in [6.45, 7) is -0.863. The lowest BCUT2D eigenvalue weighted by Crippen LogP contribution is -2.45. The van der Waals surface area contributed by atoms with E-state index >= 15 is 0 Å². The smallest absolute Gasteiger partial charge is 0.401 e. The summed E-state index contributed by atoms with van der Waals surface area (Å²) in [5.74, 6) is -2.24. The number of carbonyl (C=O) groups is 1. The van der Waals surface area contributed by atoms with Crippen LogP contribution in [0, 0.1) is 5.92 Å². The van der Waals surface area contributed by atoms with Crippen LogP contribution in [-0.4, -0.2) is 41.8 Å². The molecule has 116 valence electrons. The van der Waals surface area contributed by atoms with E-state index in [9.17, 15) is 23.1 Å². The van der Waals surface area contributed by atoms with Gasteiger partial charge in [0, 0.05) is 17.5 Å². The number of alkyl halides is 3. The highest BCUT2D eigenvalue weighted by molar-refractivity contribution is 6.31. The molecule has 1 aromatic carbocycles. The maximum atomic E-state index is 12.5. The molecule has 1 saturated heterocycles. The molecule has 3 nitrogen and oxygen atoms in total. The van der Waals surface area contributed by atoms with E-state index in [4.69, 9.17) is 11.6 Å². The summed E-state index contributed by atoms with van der Waals surface area (Å²) in [6.07, 6.45) is -4.11. The summed E-state index contributed by atoms with van der Waals surface area (Å²) in [7, 11) is 0.